The van der Waals surface area contributed by atoms with Crippen molar-refractivity contribution in [3.8, 4) is 0 Å². The molecule has 0 rings (SSSR count). The molecule has 0 unspecified atom stereocenters. The van der Waals surface area contributed by atoms with Crippen molar-refractivity contribution in [3.63, 3.8) is 0 Å². The number of carboxylic acids is 1. The van der Waals surface area contributed by atoms with E-state index in [4.69, 9.17) is 5.11 Å². The number of hydrogen-bond acceptors (Lipinski definition) is 3. The lowest BCUT2D eigenvalue weighted by Crippen LogP contribution is -2.43. The molecule has 0 radical (unpaired) electrons. The number of rotatable bonds is 5. The molecule has 0 saturated carbocycles. The number of carbonyl (C=O) groups is 2. The average Bonchev–Trinajstić information content (AvgIpc) is 2.11. The molecule has 0 bridgehead atoms. The van der Waals surface area contributed by atoms with Crippen molar-refractivity contribution in [1.82, 2.24) is 14.7 Å². The van der Waals surface area contributed by atoms with Crippen LogP contribution in [-0.4, -0.2) is 79.6 Å². The van der Waals surface area contributed by atoms with E-state index in [9.17, 15) is 9.59 Å². The molecule has 0 spiro atoms. The van der Waals surface area contributed by atoms with Crippen molar-refractivity contribution in [3.05, 3.63) is 0 Å². The Morgan fingerprint density at radius 1 is 1.00 bits per heavy atom. The second kappa shape index (κ2) is 6.23. The molecule has 0 aromatic heterocycles. The molecule has 15 heavy (non-hydrogen) atoms. The predicted octanol–water partition coefficient (Wildman–Crippen LogP) is -0.384. The van der Waals surface area contributed by atoms with Gasteiger partial charge in [-0.1, -0.05) is 0 Å². The topological polar surface area (TPSA) is 64.1 Å². The van der Waals surface area contributed by atoms with Crippen LogP contribution in [0.25, 0.3) is 0 Å². The Morgan fingerprint density at radius 2 is 1.53 bits per heavy atom. The largest absolute Gasteiger partial charge is 0.480 e. The zero-order valence-corrected chi connectivity index (χ0v) is 9.73. The summed E-state index contributed by atoms with van der Waals surface area (Å²) in [5.41, 5.74) is 0. The third kappa shape index (κ3) is 5.90. The van der Waals surface area contributed by atoms with Crippen molar-refractivity contribution in [2.24, 2.45) is 0 Å². The Bertz CT molecular complexity index is 231. The highest BCUT2D eigenvalue weighted by Crippen LogP contribution is 1.93. The van der Waals surface area contributed by atoms with Crippen LogP contribution in [-0.2, 0) is 4.79 Å². The molecule has 0 fully saturated rings. The lowest BCUT2D eigenvalue weighted by atomic mass is 10.5. The number of carboxylic acid groups (broad SMARTS) is 1. The lowest BCUT2D eigenvalue weighted by molar-refractivity contribution is -0.137. The summed E-state index contributed by atoms with van der Waals surface area (Å²) < 4.78 is 0. The Balaban J connectivity index is 4.01. The van der Waals surface area contributed by atoms with Gasteiger partial charge in [-0.2, -0.15) is 0 Å². The quantitative estimate of drug-likeness (QED) is 0.681. The van der Waals surface area contributed by atoms with E-state index in [-0.39, 0.29) is 12.6 Å². The minimum absolute atomic E-state index is 0.273. The third-order valence-corrected chi connectivity index (χ3v) is 1.91. The number of hydrogen-bond donors (Lipinski definition) is 1. The molecule has 2 amide bonds. The van der Waals surface area contributed by atoms with Gasteiger partial charge in [-0.3, -0.25) is 4.79 Å². The van der Waals surface area contributed by atoms with E-state index in [0.717, 1.165) is 6.54 Å². The summed E-state index contributed by atoms with van der Waals surface area (Å²) in [5.74, 6) is -1.01. The number of nitrogens with zero attached hydrogens (tertiary/aromatic N) is 3. The van der Waals surface area contributed by atoms with Crippen molar-refractivity contribution >= 4 is 12.0 Å². The maximum absolute atomic E-state index is 11.6. The number of carbonyl (C=O) groups excluding carboxylic acids is 1. The first kappa shape index (κ1) is 13.7. The monoisotopic (exact) mass is 217 g/mol. The van der Waals surface area contributed by atoms with Gasteiger partial charge in [0.2, 0.25) is 0 Å². The molecule has 0 aromatic carbocycles. The van der Waals surface area contributed by atoms with Crippen molar-refractivity contribution < 1.29 is 14.7 Å². The Kier molecular flexibility index (Phi) is 5.69. The van der Waals surface area contributed by atoms with Crippen LogP contribution in [0.1, 0.15) is 0 Å². The number of urea groups is 1. The van der Waals surface area contributed by atoms with E-state index in [1.54, 1.807) is 7.05 Å². The van der Waals surface area contributed by atoms with Gasteiger partial charge in [0.15, 0.2) is 0 Å². The van der Waals surface area contributed by atoms with E-state index in [2.05, 4.69) is 0 Å². The standard InChI is InChI=1S/C9H19N3O3/c1-10(2)5-6-11(3)9(15)12(4)7-8(13)14/h5-7H2,1-4H3,(H,13,14). The van der Waals surface area contributed by atoms with Crippen molar-refractivity contribution in [2.75, 3.05) is 47.8 Å². The molecule has 0 heterocycles. The van der Waals surface area contributed by atoms with Crippen LogP contribution in [0, 0.1) is 0 Å². The highest BCUT2D eigenvalue weighted by Gasteiger charge is 2.15. The first-order valence-electron chi connectivity index (χ1n) is 4.67. The van der Waals surface area contributed by atoms with E-state index in [1.165, 1.54) is 16.8 Å². The van der Waals surface area contributed by atoms with Crippen LogP contribution in [0.15, 0.2) is 0 Å². The molecular formula is C9H19N3O3. The molecule has 0 aromatic rings. The molecule has 1 N–H and O–H groups in total. The molecule has 0 aliphatic heterocycles. The van der Waals surface area contributed by atoms with E-state index >= 15 is 0 Å². The van der Waals surface area contributed by atoms with Gasteiger partial charge in [-0.15, -0.1) is 0 Å². The maximum atomic E-state index is 11.6. The van der Waals surface area contributed by atoms with Crippen molar-refractivity contribution in [2.45, 2.75) is 0 Å². The fraction of sp³-hybridized carbons (Fsp3) is 0.778. The van der Waals surface area contributed by atoms with Gasteiger partial charge in [-0.25, -0.2) is 4.79 Å². The smallest absolute Gasteiger partial charge is 0.323 e. The van der Waals surface area contributed by atoms with Gasteiger partial charge in [0.1, 0.15) is 6.54 Å². The molecule has 0 aliphatic carbocycles. The zero-order valence-electron chi connectivity index (χ0n) is 9.73. The first-order chi connectivity index (χ1) is 6.84. The maximum Gasteiger partial charge on any atom is 0.323 e. The SMILES string of the molecule is CN(C)CCN(C)C(=O)N(C)CC(=O)O. The number of likely N-dealkylation sites (N-methyl/N-ethyl adjacent to an activating group) is 3. The summed E-state index contributed by atoms with van der Waals surface area (Å²) >= 11 is 0. The Hall–Kier alpha value is -1.30. The molecule has 0 saturated heterocycles. The van der Waals surface area contributed by atoms with Gasteiger partial charge < -0.3 is 19.8 Å². The van der Waals surface area contributed by atoms with Crippen molar-refractivity contribution in [1.29, 1.82) is 0 Å². The van der Waals surface area contributed by atoms with Crippen LogP contribution in [0.2, 0.25) is 0 Å². The summed E-state index contributed by atoms with van der Waals surface area (Å²) in [6.07, 6.45) is 0. The zero-order chi connectivity index (χ0) is 12.0. The predicted molar refractivity (Wildman–Crippen MR) is 56.8 cm³/mol. The number of amides is 2. The van der Waals surface area contributed by atoms with Crippen LogP contribution in [0.4, 0.5) is 4.79 Å². The molecule has 0 atom stereocenters. The Labute approximate surface area is 90.1 Å². The molecule has 6 heteroatoms. The summed E-state index contributed by atoms with van der Waals surface area (Å²) in [6, 6.07) is -0.278. The van der Waals surface area contributed by atoms with Gasteiger partial charge in [-0.05, 0) is 14.1 Å². The fourth-order valence-electron chi connectivity index (χ4n) is 1.01. The van der Waals surface area contributed by atoms with Crippen LogP contribution in [0.3, 0.4) is 0 Å². The van der Waals surface area contributed by atoms with E-state index in [1.807, 2.05) is 19.0 Å². The van der Waals surface area contributed by atoms with Gasteiger partial charge in [0.05, 0.1) is 0 Å². The minimum atomic E-state index is -1.01. The number of aliphatic carboxylic acids is 1. The lowest BCUT2D eigenvalue weighted by Gasteiger charge is -2.24. The average molecular weight is 217 g/mol. The normalized spacial score (nSPS) is 10.2. The summed E-state index contributed by atoms with van der Waals surface area (Å²) in [7, 11) is 6.96. The summed E-state index contributed by atoms with van der Waals surface area (Å²) in [4.78, 5) is 26.6. The highest BCUT2D eigenvalue weighted by atomic mass is 16.4. The van der Waals surface area contributed by atoms with Crippen LogP contribution >= 0.6 is 0 Å². The third-order valence-electron chi connectivity index (χ3n) is 1.91. The van der Waals surface area contributed by atoms with E-state index < -0.39 is 5.97 Å². The summed E-state index contributed by atoms with van der Waals surface area (Å²) in [6.45, 7) is 1.06. The fourth-order valence-corrected chi connectivity index (χ4v) is 1.01. The Morgan fingerprint density at radius 3 is 1.93 bits per heavy atom. The highest BCUT2D eigenvalue weighted by molar-refractivity contribution is 5.79. The molecular weight excluding hydrogens is 198 g/mol. The minimum Gasteiger partial charge on any atom is -0.480 e. The van der Waals surface area contributed by atoms with Gasteiger partial charge in [0, 0.05) is 27.2 Å². The molecule has 6 nitrogen and oxygen atoms in total. The second-order valence-electron chi connectivity index (χ2n) is 3.76. The molecule has 88 valence electrons. The summed E-state index contributed by atoms with van der Waals surface area (Å²) in [5, 5.41) is 8.51. The first-order valence-corrected chi connectivity index (χ1v) is 4.67. The van der Waals surface area contributed by atoms with E-state index in [0.29, 0.717) is 6.54 Å². The van der Waals surface area contributed by atoms with Crippen LogP contribution < -0.4 is 0 Å². The second-order valence-corrected chi connectivity index (χ2v) is 3.76. The van der Waals surface area contributed by atoms with Gasteiger partial charge >= 0.3 is 12.0 Å². The molecule has 0 aliphatic rings. The van der Waals surface area contributed by atoms with Crippen LogP contribution in [0.5, 0.6) is 0 Å². The van der Waals surface area contributed by atoms with Gasteiger partial charge in [0.25, 0.3) is 0 Å².